The third-order valence-corrected chi connectivity index (χ3v) is 5.50. The van der Waals surface area contributed by atoms with Gasteiger partial charge < -0.3 is 14.6 Å². The molecule has 6 nitrogen and oxygen atoms in total. The molecular weight excluding hydrogens is 416 g/mol. The summed E-state index contributed by atoms with van der Waals surface area (Å²) in [6.07, 6.45) is 3.05. The molecule has 1 atom stereocenters. The van der Waals surface area contributed by atoms with E-state index < -0.39 is 11.6 Å². The molecule has 1 aliphatic heterocycles. The van der Waals surface area contributed by atoms with E-state index in [-0.39, 0.29) is 47.8 Å². The smallest absolute Gasteiger partial charge is 0.229 e. The number of hydrogen-bond donors (Lipinski definition) is 1. The van der Waals surface area contributed by atoms with Crippen LogP contribution in [-0.2, 0) is 16.0 Å². The molecule has 1 aromatic heterocycles. The number of para-hydroxylation sites is 1. The first kappa shape index (κ1) is 21.7. The summed E-state index contributed by atoms with van der Waals surface area (Å²) in [5.74, 6) is -1.75. The number of hydrogen-bond acceptors (Lipinski definition) is 4. The van der Waals surface area contributed by atoms with Gasteiger partial charge in [-0.15, -0.1) is 0 Å². The van der Waals surface area contributed by atoms with E-state index in [1.165, 1.54) is 12.3 Å². The van der Waals surface area contributed by atoms with Crippen LogP contribution in [0.3, 0.4) is 0 Å². The Morgan fingerprint density at radius 3 is 2.59 bits per heavy atom. The number of nitrogens with zero attached hydrogens (tertiary/aromatic N) is 2. The Balaban J connectivity index is 1.32. The van der Waals surface area contributed by atoms with Crippen LogP contribution in [0.15, 0.2) is 59.1 Å². The minimum atomic E-state index is -0.739. The van der Waals surface area contributed by atoms with Crippen molar-refractivity contribution in [2.45, 2.75) is 25.7 Å². The summed E-state index contributed by atoms with van der Waals surface area (Å²) in [7, 11) is 0. The second-order valence-electron chi connectivity index (χ2n) is 7.75. The normalized spacial score (nSPS) is 16.1. The summed E-state index contributed by atoms with van der Waals surface area (Å²) in [6.45, 7) is 0.944. The van der Waals surface area contributed by atoms with Crippen molar-refractivity contribution >= 4 is 17.5 Å². The number of aromatic nitrogens is 1. The van der Waals surface area contributed by atoms with E-state index in [9.17, 15) is 18.4 Å². The van der Waals surface area contributed by atoms with Crippen molar-refractivity contribution < 1.29 is 22.8 Å². The highest BCUT2D eigenvalue weighted by Gasteiger charge is 2.28. The van der Waals surface area contributed by atoms with Crippen LogP contribution in [0.1, 0.15) is 25.2 Å². The second-order valence-corrected chi connectivity index (χ2v) is 7.75. The van der Waals surface area contributed by atoms with Crippen LogP contribution < -0.4 is 5.32 Å². The van der Waals surface area contributed by atoms with E-state index >= 15 is 0 Å². The average molecular weight is 439 g/mol. The quantitative estimate of drug-likeness (QED) is 0.617. The predicted molar refractivity (Wildman–Crippen MR) is 115 cm³/mol. The first-order chi connectivity index (χ1) is 15.5. The Bertz CT molecular complexity index is 1080. The van der Waals surface area contributed by atoms with Crippen LogP contribution in [0.4, 0.5) is 14.5 Å². The van der Waals surface area contributed by atoms with Crippen molar-refractivity contribution in [1.82, 2.24) is 9.88 Å². The van der Waals surface area contributed by atoms with Gasteiger partial charge in [-0.3, -0.25) is 9.59 Å². The van der Waals surface area contributed by atoms with Gasteiger partial charge in [0.2, 0.25) is 11.8 Å². The topological polar surface area (TPSA) is 75.4 Å². The molecule has 0 saturated carbocycles. The van der Waals surface area contributed by atoms with Crippen LogP contribution in [0.5, 0.6) is 0 Å². The summed E-state index contributed by atoms with van der Waals surface area (Å²) < 4.78 is 33.3. The van der Waals surface area contributed by atoms with Gasteiger partial charge in [0.15, 0.2) is 11.7 Å². The standard InChI is InChI=1S/C24H23F2N3O3/c25-18-9-4-10-19(26)23(18)20-14-27-21(32-20)11-12-22(30)29-13-5-6-16(15-29)24(31)28-17-7-2-1-3-8-17/h1-4,7-10,14,16H,5-6,11-13,15H2,(H,28,31). The van der Waals surface area contributed by atoms with Crippen LogP contribution in [0.2, 0.25) is 0 Å². The summed E-state index contributed by atoms with van der Waals surface area (Å²) >= 11 is 0. The highest BCUT2D eigenvalue weighted by Crippen LogP contribution is 2.27. The summed E-state index contributed by atoms with van der Waals surface area (Å²) in [4.78, 5) is 31.0. The number of anilines is 1. The Kier molecular flexibility index (Phi) is 6.58. The van der Waals surface area contributed by atoms with Gasteiger partial charge in [0.1, 0.15) is 11.6 Å². The zero-order valence-corrected chi connectivity index (χ0v) is 17.4. The molecule has 2 aromatic carbocycles. The maximum atomic E-state index is 13.9. The fourth-order valence-electron chi connectivity index (χ4n) is 3.83. The van der Waals surface area contributed by atoms with Gasteiger partial charge in [0, 0.05) is 31.6 Å². The Hall–Kier alpha value is -3.55. The zero-order chi connectivity index (χ0) is 22.5. The van der Waals surface area contributed by atoms with Gasteiger partial charge in [0.25, 0.3) is 0 Å². The molecule has 1 aliphatic rings. The monoisotopic (exact) mass is 439 g/mol. The first-order valence-electron chi connectivity index (χ1n) is 10.5. The van der Waals surface area contributed by atoms with Crippen LogP contribution in [0.25, 0.3) is 11.3 Å². The number of carbonyl (C=O) groups excluding carboxylic acids is 2. The fraction of sp³-hybridized carbons (Fsp3) is 0.292. The maximum absolute atomic E-state index is 13.9. The zero-order valence-electron chi connectivity index (χ0n) is 17.4. The van der Waals surface area contributed by atoms with E-state index in [4.69, 9.17) is 4.42 Å². The van der Waals surface area contributed by atoms with Crippen molar-refractivity contribution in [1.29, 1.82) is 0 Å². The number of likely N-dealkylation sites (tertiary alicyclic amines) is 1. The minimum Gasteiger partial charge on any atom is -0.441 e. The highest BCUT2D eigenvalue weighted by molar-refractivity contribution is 5.93. The lowest BCUT2D eigenvalue weighted by Gasteiger charge is -2.32. The molecule has 1 N–H and O–H groups in total. The summed E-state index contributed by atoms with van der Waals surface area (Å²) in [5.41, 5.74) is 0.452. The molecule has 3 aromatic rings. The number of amides is 2. The molecule has 1 unspecified atom stereocenters. The molecule has 1 fully saturated rings. The fourth-order valence-corrected chi connectivity index (χ4v) is 3.83. The third-order valence-electron chi connectivity index (χ3n) is 5.50. The van der Waals surface area contributed by atoms with Crippen LogP contribution in [0, 0.1) is 17.6 Å². The summed E-state index contributed by atoms with van der Waals surface area (Å²) in [6, 6.07) is 12.8. The molecule has 2 heterocycles. The molecule has 0 spiro atoms. The number of aryl methyl sites for hydroxylation is 1. The number of piperidine rings is 1. The van der Waals surface area contributed by atoms with Gasteiger partial charge in [-0.2, -0.15) is 0 Å². The van der Waals surface area contributed by atoms with Gasteiger partial charge >= 0.3 is 0 Å². The number of carbonyl (C=O) groups is 2. The van der Waals surface area contributed by atoms with Crippen molar-refractivity contribution in [3.8, 4) is 11.3 Å². The molecule has 2 amide bonds. The SMILES string of the molecule is O=C(Nc1ccccc1)C1CCCN(C(=O)CCc2ncc(-c3c(F)cccc3F)o2)C1. The van der Waals surface area contributed by atoms with Crippen molar-refractivity contribution in [2.75, 3.05) is 18.4 Å². The highest BCUT2D eigenvalue weighted by atomic mass is 19.1. The largest absolute Gasteiger partial charge is 0.441 e. The first-order valence-corrected chi connectivity index (χ1v) is 10.5. The predicted octanol–water partition coefficient (Wildman–Crippen LogP) is 4.43. The van der Waals surface area contributed by atoms with Gasteiger partial charge in [-0.25, -0.2) is 13.8 Å². The second kappa shape index (κ2) is 9.72. The number of halogens is 2. The number of oxazole rings is 1. The lowest BCUT2D eigenvalue weighted by Crippen LogP contribution is -2.43. The Morgan fingerprint density at radius 2 is 1.84 bits per heavy atom. The van der Waals surface area contributed by atoms with E-state index in [1.807, 2.05) is 30.3 Å². The maximum Gasteiger partial charge on any atom is 0.229 e. The van der Waals surface area contributed by atoms with Crippen LogP contribution >= 0.6 is 0 Å². The molecule has 8 heteroatoms. The molecule has 4 rings (SSSR count). The molecule has 0 aliphatic carbocycles. The van der Waals surface area contributed by atoms with Crippen LogP contribution in [-0.4, -0.2) is 34.8 Å². The molecule has 166 valence electrons. The lowest BCUT2D eigenvalue weighted by atomic mass is 9.96. The van der Waals surface area contributed by atoms with E-state index in [2.05, 4.69) is 10.3 Å². The minimum absolute atomic E-state index is 0.0151. The van der Waals surface area contributed by atoms with Crippen molar-refractivity contribution in [2.24, 2.45) is 5.92 Å². The number of nitrogens with one attached hydrogen (secondary N) is 1. The average Bonchev–Trinajstić information content (AvgIpc) is 3.26. The van der Waals surface area contributed by atoms with Crippen molar-refractivity contribution in [3.05, 3.63) is 72.3 Å². The number of benzene rings is 2. The third kappa shape index (κ3) is 5.01. The van der Waals surface area contributed by atoms with Crippen molar-refractivity contribution in [3.63, 3.8) is 0 Å². The number of rotatable bonds is 6. The van der Waals surface area contributed by atoms with E-state index in [0.717, 1.165) is 30.7 Å². The van der Waals surface area contributed by atoms with E-state index in [1.54, 1.807) is 4.90 Å². The molecular formula is C24H23F2N3O3. The molecule has 1 saturated heterocycles. The van der Waals surface area contributed by atoms with Gasteiger partial charge in [-0.05, 0) is 37.1 Å². The summed E-state index contributed by atoms with van der Waals surface area (Å²) in [5, 5.41) is 2.89. The Morgan fingerprint density at radius 1 is 1.09 bits per heavy atom. The van der Waals surface area contributed by atoms with E-state index in [0.29, 0.717) is 13.1 Å². The molecule has 0 radical (unpaired) electrons. The molecule has 32 heavy (non-hydrogen) atoms. The lowest BCUT2D eigenvalue weighted by molar-refractivity contribution is -0.134. The van der Waals surface area contributed by atoms with Gasteiger partial charge in [0.05, 0.1) is 17.7 Å². The van der Waals surface area contributed by atoms with Gasteiger partial charge in [-0.1, -0.05) is 24.3 Å². The molecule has 0 bridgehead atoms. The Labute approximate surface area is 184 Å².